The van der Waals surface area contributed by atoms with E-state index in [9.17, 15) is 14.0 Å². The van der Waals surface area contributed by atoms with Crippen LogP contribution in [-0.4, -0.2) is 45.5 Å². The van der Waals surface area contributed by atoms with E-state index in [2.05, 4.69) is 27.2 Å². The maximum atomic E-state index is 16.1. The van der Waals surface area contributed by atoms with Crippen molar-refractivity contribution in [2.75, 3.05) is 25.5 Å². The summed E-state index contributed by atoms with van der Waals surface area (Å²) in [5.74, 6) is -1.66. The smallest absolute Gasteiger partial charge is 0.265 e. The van der Waals surface area contributed by atoms with Gasteiger partial charge < -0.3 is 4.90 Å². The fraction of sp³-hybridized carbons (Fsp3) is 0.226. The Bertz CT molecular complexity index is 1760. The van der Waals surface area contributed by atoms with Crippen LogP contribution in [0.15, 0.2) is 83.4 Å². The SMILES string of the molecule is CN1CCC(c2ccc(-c3ccc4ncn(C(C(=O)Nc5nccs5)c5ccccc5F)c(=O)c4c3F)cc2)CC1. The van der Waals surface area contributed by atoms with Crippen molar-refractivity contribution in [2.24, 2.45) is 0 Å². The van der Waals surface area contributed by atoms with Crippen LogP contribution in [0.4, 0.5) is 13.9 Å². The number of likely N-dealkylation sites (tertiary alicyclic amines) is 1. The predicted octanol–water partition coefficient (Wildman–Crippen LogP) is 5.84. The van der Waals surface area contributed by atoms with E-state index in [0.29, 0.717) is 11.5 Å². The topological polar surface area (TPSA) is 80.1 Å². The number of carbonyl (C=O) groups is 1. The van der Waals surface area contributed by atoms with Gasteiger partial charge in [0.15, 0.2) is 5.13 Å². The minimum absolute atomic E-state index is 0.0501. The molecule has 0 spiro atoms. The van der Waals surface area contributed by atoms with Crippen LogP contribution in [0.5, 0.6) is 0 Å². The number of halogens is 2. The van der Waals surface area contributed by atoms with E-state index in [1.165, 1.54) is 41.3 Å². The summed E-state index contributed by atoms with van der Waals surface area (Å²) in [5, 5.41) is 4.32. The molecule has 0 saturated carbocycles. The fourth-order valence-electron chi connectivity index (χ4n) is 5.44. The van der Waals surface area contributed by atoms with Gasteiger partial charge in [0.05, 0.1) is 11.8 Å². The van der Waals surface area contributed by atoms with Gasteiger partial charge in [0.25, 0.3) is 11.5 Å². The number of amides is 1. The third kappa shape index (κ3) is 5.28. The third-order valence-corrected chi connectivity index (χ3v) is 8.38. The molecule has 1 N–H and O–H groups in total. The van der Waals surface area contributed by atoms with Crippen LogP contribution in [0.25, 0.3) is 22.0 Å². The van der Waals surface area contributed by atoms with E-state index >= 15 is 4.39 Å². The predicted molar refractivity (Wildman–Crippen MR) is 156 cm³/mol. The molecule has 0 bridgehead atoms. The summed E-state index contributed by atoms with van der Waals surface area (Å²) in [4.78, 5) is 37.9. The first-order chi connectivity index (χ1) is 19.9. The average Bonchev–Trinajstić information content (AvgIpc) is 3.49. The highest BCUT2D eigenvalue weighted by Gasteiger charge is 2.29. The van der Waals surface area contributed by atoms with Gasteiger partial charge in [-0.3, -0.25) is 19.5 Å². The number of nitrogens with zero attached hydrogens (tertiary/aromatic N) is 4. The summed E-state index contributed by atoms with van der Waals surface area (Å²) >= 11 is 1.18. The molecule has 1 amide bonds. The van der Waals surface area contributed by atoms with Crippen molar-refractivity contribution in [3.8, 4) is 11.1 Å². The maximum Gasteiger partial charge on any atom is 0.265 e. The van der Waals surface area contributed by atoms with Crippen LogP contribution in [0.1, 0.15) is 35.9 Å². The molecule has 1 atom stereocenters. The van der Waals surface area contributed by atoms with E-state index in [-0.39, 0.29) is 27.2 Å². The van der Waals surface area contributed by atoms with Crippen molar-refractivity contribution in [3.05, 3.63) is 112 Å². The monoisotopic (exact) mass is 571 g/mol. The first-order valence-corrected chi connectivity index (χ1v) is 14.2. The Kier molecular flexibility index (Phi) is 7.42. The maximum absolute atomic E-state index is 16.1. The number of rotatable bonds is 6. The van der Waals surface area contributed by atoms with Crippen molar-refractivity contribution < 1.29 is 13.6 Å². The van der Waals surface area contributed by atoms with Crippen LogP contribution in [0.2, 0.25) is 0 Å². The van der Waals surface area contributed by atoms with E-state index in [4.69, 9.17) is 0 Å². The van der Waals surface area contributed by atoms with Gasteiger partial charge in [0.1, 0.15) is 23.1 Å². The van der Waals surface area contributed by atoms with Gasteiger partial charge in [-0.15, -0.1) is 11.3 Å². The number of nitrogens with one attached hydrogen (secondary N) is 1. The van der Waals surface area contributed by atoms with Gasteiger partial charge >= 0.3 is 0 Å². The largest absolute Gasteiger partial charge is 0.306 e. The Labute approximate surface area is 239 Å². The summed E-state index contributed by atoms with van der Waals surface area (Å²) in [7, 11) is 2.12. The Morgan fingerprint density at radius 3 is 2.49 bits per heavy atom. The summed E-state index contributed by atoms with van der Waals surface area (Å²) < 4.78 is 32.0. The van der Waals surface area contributed by atoms with Gasteiger partial charge in [-0.2, -0.15) is 0 Å². The molecule has 7 nitrogen and oxygen atoms in total. The van der Waals surface area contributed by atoms with Crippen LogP contribution >= 0.6 is 11.3 Å². The molecule has 2 aromatic heterocycles. The third-order valence-electron chi connectivity index (χ3n) is 7.69. The molecule has 6 rings (SSSR count). The summed E-state index contributed by atoms with van der Waals surface area (Å²) in [6.07, 6.45) is 4.81. The molecular formula is C31H27F2N5O2S. The highest BCUT2D eigenvalue weighted by atomic mass is 32.1. The number of hydrogen-bond donors (Lipinski definition) is 1. The lowest BCUT2D eigenvalue weighted by atomic mass is 9.88. The quantitative estimate of drug-likeness (QED) is 0.277. The first-order valence-electron chi connectivity index (χ1n) is 13.3. The Hall–Kier alpha value is -4.28. The lowest BCUT2D eigenvalue weighted by molar-refractivity contribution is -0.118. The van der Waals surface area contributed by atoms with Crippen LogP contribution in [-0.2, 0) is 4.79 Å². The zero-order valence-corrected chi connectivity index (χ0v) is 23.1. The standard InChI is InChI=1S/C31H27F2N5O2S/c1-37-15-12-20(13-16-37)19-6-8-21(9-7-19)22-10-11-25-26(27(22)33)30(40)38(18-35-25)28(23-4-2-3-5-24(23)32)29(39)36-31-34-14-17-41-31/h2-11,14,17-18,20,28H,12-13,15-16H2,1H3,(H,34,36,39). The van der Waals surface area contributed by atoms with Gasteiger partial charge in [0.2, 0.25) is 0 Å². The van der Waals surface area contributed by atoms with Gasteiger partial charge in [0, 0.05) is 22.7 Å². The molecule has 0 aliphatic carbocycles. The highest BCUT2D eigenvalue weighted by Crippen LogP contribution is 2.32. The molecule has 1 unspecified atom stereocenters. The summed E-state index contributed by atoms with van der Waals surface area (Å²) in [6.45, 7) is 2.08. The van der Waals surface area contributed by atoms with Gasteiger partial charge in [-0.1, -0.05) is 42.5 Å². The minimum Gasteiger partial charge on any atom is -0.306 e. The summed E-state index contributed by atoms with van der Waals surface area (Å²) in [6, 6.07) is 15.2. The molecule has 3 aromatic carbocycles. The van der Waals surface area contributed by atoms with Crippen LogP contribution in [0, 0.1) is 11.6 Å². The number of thiazole rings is 1. The van der Waals surface area contributed by atoms with Crippen molar-refractivity contribution >= 4 is 33.3 Å². The highest BCUT2D eigenvalue weighted by molar-refractivity contribution is 7.13. The van der Waals surface area contributed by atoms with Gasteiger partial charge in [-0.25, -0.2) is 18.7 Å². The molecule has 0 radical (unpaired) electrons. The zero-order valence-electron chi connectivity index (χ0n) is 22.3. The molecule has 1 aliphatic rings. The van der Waals surface area contributed by atoms with Gasteiger partial charge in [-0.05, 0) is 68.2 Å². The number of fused-ring (bicyclic) bond motifs is 1. The van der Waals surface area contributed by atoms with Crippen molar-refractivity contribution in [1.82, 2.24) is 19.4 Å². The fourth-order valence-corrected chi connectivity index (χ4v) is 5.97. The lowest BCUT2D eigenvalue weighted by Gasteiger charge is -2.29. The molecular weight excluding hydrogens is 544 g/mol. The molecule has 1 aliphatic heterocycles. The second-order valence-electron chi connectivity index (χ2n) is 10.2. The number of hydrogen-bond acceptors (Lipinski definition) is 6. The molecule has 3 heterocycles. The molecule has 5 aromatic rings. The summed E-state index contributed by atoms with van der Waals surface area (Å²) in [5.41, 5.74) is 1.39. The molecule has 1 saturated heterocycles. The Morgan fingerprint density at radius 1 is 1.02 bits per heavy atom. The lowest BCUT2D eigenvalue weighted by Crippen LogP contribution is -2.35. The number of aromatic nitrogens is 3. The molecule has 10 heteroatoms. The van der Waals surface area contributed by atoms with Crippen molar-refractivity contribution in [2.45, 2.75) is 24.8 Å². The second kappa shape index (κ2) is 11.3. The number of anilines is 1. The molecule has 208 valence electrons. The van der Waals surface area contributed by atoms with Crippen molar-refractivity contribution in [1.29, 1.82) is 0 Å². The van der Waals surface area contributed by atoms with E-state index in [1.54, 1.807) is 23.6 Å². The van der Waals surface area contributed by atoms with E-state index in [1.807, 2.05) is 24.3 Å². The number of piperidine rings is 1. The Morgan fingerprint density at radius 2 is 1.78 bits per heavy atom. The molecule has 41 heavy (non-hydrogen) atoms. The minimum atomic E-state index is -1.44. The average molecular weight is 572 g/mol. The zero-order chi connectivity index (χ0) is 28.5. The number of benzene rings is 3. The second-order valence-corrected chi connectivity index (χ2v) is 11.1. The normalized spacial score (nSPS) is 15.2. The molecule has 1 fully saturated rings. The number of carbonyl (C=O) groups excluding carboxylic acids is 1. The van der Waals surface area contributed by atoms with Crippen molar-refractivity contribution in [3.63, 3.8) is 0 Å². The van der Waals surface area contributed by atoms with E-state index < -0.39 is 29.1 Å². The first kappa shape index (κ1) is 26.9. The van der Waals surface area contributed by atoms with Crippen LogP contribution in [0.3, 0.4) is 0 Å². The Balaban J connectivity index is 1.41. The van der Waals surface area contributed by atoms with Crippen LogP contribution < -0.4 is 10.9 Å². The van der Waals surface area contributed by atoms with E-state index in [0.717, 1.165) is 36.8 Å².